The SMILES string of the molecule is [2H]C([2H])([2H])n1cc(C(F)(F)F)cc(Nc2nc3ncc(Oc4ccnc(NC(C)=O)c4)c(C#N)c3n2C)c1=O. The van der Waals surface area contributed by atoms with E-state index in [2.05, 4.69) is 25.6 Å². The zero-order valence-corrected chi connectivity index (χ0v) is 18.5. The van der Waals surface area contributed by atoms with Gasteiger partial charge in [-0.05, 0) is 12.1 Å². The van der Waals surface area contributed by atoms with Crippen LogP contribution in [0.2, 0.25) is 0 Å². The van der Waals surface area contributed by atoms with Crippen molar-refractivity contribution in [1.82, 2.24) is 24.1 Å². The molecule has 0 bridgehead atoms. The molecule has 0 aromatic carbocycles. The fraction of sp³-hybridized carbons (Fsp3) is 0.182. The zero-order valence-electron chi connectivity index (χ0n) is 21.5. The highest BCUT2D eigenvalue weighted by Gasteiger charge is 2.32. The van der Waals surface area contributed by atoms with Crippen molar-refractivity contribution >= 4 is 34.5 Å². The highest BCUT2D eigenvalue weighted by atomic mass is 19.4. The molecule has 0 unspecified atom stereocenters. The third-order valence-corrected chi connectivity index (χ3v) is 4.83. The minimum atomic E-state index is -4.95. The molecule has 0 radical (unpaired) electrons. The first-order valence-electron chi connectivity index (χ1n) is 11.5. The Balaban J connectivity index is 1.78. The number of carbonyl (C=O) groups excluding carboxylic acids is 1. The van der Waals surface area contributed by atoms with Gasteiger partial charge in [0, 0.05) is 43.5 Å². The largest absolute Gasteiger partial charge is 0.454 e. The van der Waals surface area contributed by atoms with E-state index in [4.69, 9.17) is 8.85 Å². The van der Waals surface area contributed by atoms with Crippen molar-refractivity contribution < 1.29 is 26.8 Å². The number of fused-ring (bicyclic) bond motifs is 1. The number of imidazole rings is 1. The Bertz CT molecular complexity index is 1710. The number of aryl methyl sites for hydroxylation is 2. The molecule has 4 rings (SSSR count). The predicted octanol–water partition coefficient (Wildman–Crippen LogP) is 3.45. The number of nitrogens with zero attached hydrogens (tertiary/aromatic N) is 6. The molecule has 0 saturated heterocycles. The van der Waals surface area contributed by atoms with Gasteiger partial charge in [0.25, 0.3) is 5.56 Å². The lowest BCUT2D eigenvalue weighted by molar-refractivity contribution is -0.138. The van der Waals surface area contributed by atoms with Crippen molar-refractivity contribution in [3.63, 3.8) is 0 Å². The van der Waals surface area contributed by atoms with Gasteiger partial charge in [-0.15, -0.1) is 0 Å². The van der Waals surface area contributed by atoms with Crippen LogP contribution in [0, 0.1) is 11.3 Å². The summed E-state index contributed by atoms with van der Waals surface area (Å²) in [4.78, 5) is 36.3. The van der Waals surface area contributed by atoms with Crippen LogP contribution < -0.4 is 20.9 Å². The summed E-state index contributed by atoms with van der Waals surface area (Å²) < 4.78 is 69.6. The molecular formula is C22H17F3N8O3. The fourth-order valence-corrected chi connectivity index (χ4v) is 3.25. The molecule has 4 aromatic heterocycles. The summed E-state index contributed by atoms with van der Waals surface area (Å²) in [6, 6.07) is 5.31. The predicted molar refractivity (Wildman–Crippen MR) is 122 cm³/mol. The standard InChI is InChI=1S/C22H17F3N8O3/c1-11(34)29-17-7-13(4-5-27-17)36-16-9-28-19-18(14(16)8-26)33(3)21(31-19)30-15-6-12(22(23,24)25)10-32(2)20(15)35/h4-7,9-10H,1-3H3,(H,27,29,34)(H,28,30,31)/i2D3. The molecular weight excluding hydrogens is 481 g/mol. The van der Waals surface area contributed by atoms with Crippen molar-refractivity contribution in [3.05, 3.63) is 58.3 Å². The van der Waals surface area contributed by atoms with Gasteiger partial charge in [-0.25, -0.2) is 9.97 Å². The number of aromatic nitrogens is 5. The molecule has 0 fully saturated rings. The van der Waals surface area contributed by atoms with Crippen molar-refractivity contribution in [2.45, 2.75) is 13.1 Å². The number of hydrogen-bond acceptors (Lipinski definition) is 8. The van der Waals surface area contributed by atoms with E-state index in [9.17, 15) is 28.0 Å². The lowest BCUT2D eigenvalue weighted by atomic mass is 10.2. The normalized spacial score (nSPS) is 12.8. The fourth-order valence-electron chi connectivity index (χ4n) is 3.25. The van der Waals surface area contributed by atoms with Crippen LogP contribution >= 0.6 is 0 Å². The number of carbonyl (C=O) groups is 1. The molecule has 1 amide bonds. The molecule has 184 valence electrons. The van der Waals surface area contributed by atoms with Crippen LogP contribution in [0.1, 0.15) is 22.2 Å². The van der Waals surface area contributed by atoms with Crippen LogP contribution in [0.3, 0.4) is 0 Å². The lowest BCUT2D eigenvalue weighted by Crippen LogP contribution is -2.23. The summed E-state index contributed by atoms with van der Waals surface area (Å²) >= 11 is 0. The Morgan fingerprint density at radius 1 is 1.31 bits per heavy atom. The monoisotopic (exact) mass is 501 g/mol. The van der Waals surface area contributed by atoms with Crippen LogP contribution in [0.15, 0.2) is 41.6 Å². The summed E-state index contributed by atoms with van der Waals surface area (Å²) in [5.41, 5.74) is -3.29. The third-order valence-electron chi connectivity index (χ3n) is 4.83. The quantitative estimate of drug-likeness (QED) is 0.424. The second-order valence-corrected chi connectivity index (χ2v) is 7.38. The van der Waals surface area contributed by atoms with Gasteiger partial charge in [0.1, 0.15) is 34.4 Å². The highest BCUT2D eigenvalue weighted by molar-refractivity contribution is 5.88. The molecule has 36 heavy (non-hydrogen) atoms. The number of hydrogen-bond donors (Lipinski definition) is 2. The minimum absolute atomic E-state index is 0.00431. The topological polar surface area (TPSA) is 140 Å². The maximum Gasteiger partial charge on any atom is 0.417 e. The van der Waals surface area contributed by atoms with Crippen molar-refractivity contribution in [3.8, 4) is 17.6 Å². The van der Waals surface area contributed by atoms with Crippen LogP contribution in [0.25, 0.3) is 11.2 Å². The molecule has 2 N–H and O–H groups in total. The number of anilines is 3. The van der Waals surface area contributed by atoms with Gasteiger partial charge >= 0.3 is 6.18 Å². The van der Waals surface area contributed by atoms with Gasteiger partial charge in [0.2, 0.25) is 11.9 Å². The summed E-state index contributed by atoms with van der Waals surface area (Å²) in [5, 5.41) is 14.8. The van der Waals surface area contributed by atoms with Gasteiger partial charge in [-0.1, -0.05) is 0 Å². The number of rotatable bonds is 5. The Hall–Kier alpha value is -4.93. The molecule has 11 nitrogen and oxygen atoms in total. The first-order valence-corrected chi connectivity index (χ1v) is 9.97. The van der Waals surface area contributed by atoms with E-state index in [0.29, 0.717) is 6.07 Å². The molecule has 0 aliphatic rings. The highest BCUT2D eigenvalue weighted by Crippen LogP contribution is 2.33. The van der Waals surface area contributed by atoms with Crippen LogP contribution in [0.4, 0.5) is 30.6 Å². The first kappa shape index (κ1) is 20.4. The maximum absolute atomic E-state index is 13.4. The Morgan fingerprint density at radius 2 is 2.08 bits per heavy atom. The zero-order chi connectivity index (χ0) is 28.7. The smallest absolute Gasteiger partial charge is 0.417 e. The molecule has 0 saturated carbocycles. The average molecular weight is 501 g/mol. The van der Waals surface area contributed by atoms with E-state index in [-0.39, 0.29) is 56.7 Å². The first-order chi connectivity index (χ1) is 18.2. The second kappa shape index (κ2) is 9.02. The van der Waals surface area contributed by atoms with E-state index in [0.717, 1.165) is 0 Å². The van der Waals surface area contributed by atoms with Crippen molar-refractivity contribution in [2.75, 3.05) is 10.6 Å². The summed E-state index contributed by atoms with van der Waals surface area (Å²) in [6.07, 6.45) is -2.17. The average Bonchev–Trinajstić information content (AvgIpc) is 3.14. The Morgan fingerprint density at radius 3 is 2.75 bits per heavy atom. The Kier molecular flexibility index (Phi) is 5.12. The molecule has 0 atom stereocenters. The molecule has 4 aromatic rings. The van der Waals surface area contributed by atoms with E-state index >= 15 is 0 Å². The summed E-state index contributed by atoms with van der Waals surface area (Å²) in [5.74, 6) is -0.161. The van der Waals surface area contributed by atoms with Crippen LogP contribution in [-0.2, 0) is 25.0 Å². The molecule has 0 spiro atoms. The second-order valence-electron chi connectivity index (χ2n) is 7.38. The minimum Gasteiger partial charge on any atom is -0.454 e. The molecule has 4 heterocycles. The maximum atomic E-state index is 13.4. The van der Waals surface area contributed by atoms with E-state index < -0.39 is 30.0 Å². The summed E-state index contributed by atoms with van der Waals surface area (Å²) in [6.45, 7) is -1.89. The van der Waals surface area contributed by atoms with Gasteiger partial charge in [0.15, 0.2) is 11.4 Å². The summed E-state index contributed by atoms with van der Waals surface area (Å²) in [7, 11) is 1.40. The van der Waals surface area contributed by atoms with Crippen LogP contribution in [0.5, 0.6) is 11.5 Å². The molecule has 0 aliphatic carbocycles. The van der Waals surface area contributed by atoms with Crippen LogP contribution in [-0.4, -0.2) is 30.0 Å². The number of pyridine rings is 3. The number of ether oxygens (including phenoxy) is 1. The number of nitriles is 1. The third kappa shape index (κ3) is 4.67. The lowest BCUT2D eigenvalue weighted by Gasteiger charge is -2.12. The van der Waals surface area contributed by atoms with Gasteiger partial charge < -0.3 is 24.5 Å². The van der Waals surface area contributed by atoms with Gasteiger partial charge in [-0.3, -0.25) is 9.59 Å². The number of halogens is 3. The number of alkyl halides is 3. The molecule has 14 heteroatoms. The molecule has 0 aliphatic heterocycles. The van der Waals surface area contributed by atoms with E-state index in [1.54, 1.807) is 0 Å². The van der Waals surface area contributed by atoms with E-state index in [1.807, 2.05) is 6.07 Å². The van der Waals surface area contributed by atoms with Gasteiger partial charge in [-0.2, -0.15) is 23.4 Å². The number of amides is 1. The van der Waals surface area contributed by atoms with Crippen molar-refractivity contribution in [2.24, 2.45) is 14.0 Å². The van der Waals surface area contributed by atoms with Gasteiger partial charge in [0.05, 0.1) is 11.8 Å². The number of nitrogens with one attached hydrogen (secondary N) is 2. The van der Waals surface area contributed by atoms with E-state index in [1.165, 1.54) is 43.1 Å². The Labute approximate surface area is 205 Å². The van der Waals surface area contributed by atoms with Crippen molar-refractivity contribution in [1.29, 1.82) is 5.26 Å².